The second kappa shape index (κ2) is 6.39. The monoisotopic (exact) mass is 423 g/mol. The first-order chi connectivity index (χ1) is 15.5. The molecule has 7 rings (SSSR count). The Kier molecular flexibility index (Phi) is 3.79. The zero-order valence-corrected chi connectivity index (χ0v) is 17.7. The number of methoxy groups -OCH3 is 1. The molecule has 2 bridgehead atoms. The molecule has 0 aromatic heterocycles. The van der Waals surface area contributed by atoms with E-state index in [1.807, 2.05) is 48.5 Å². The minimum absolute atomic E-state index is 0.112. The van der Waals surface area contributed by atoms with Crippen molar-refractivity contribution < 1.29 is 19.1 Å². The van der Waals surface area contributed by atoms with Crippen molar-refractivity contribution in [3.63, 3.8) is 0 Å². The fourth-order valence-electron chi connectivity index (χ4n) is 6.37. The molecule has 0 radical (unpaired) electrons. The summed E-state index contributed by atoms with van der Waals surface area (Å²) >= 11 is 0. The van der Waals surface area contributed by atoms with Crippen molar-refractivity contribution in [2.45, 2.75) is 18.3 Å². The molecule has 1 aliphatic heterocycles. The number of hydrogen-bond acceptors (Lipinski definition) is 4. The Morgan fingerprint density at radius 2 is 1.50 bits per heavy atom. The maximum Gasteiger partial charge on any atom is 0.239 e. The van der Waals surface area contributed by atoms with Gasteiger partial charge in [0.2, 0.25) is 11.8 Å². The fourth-order valence-corrected chi connectivity index (χ4v) is 6.37. The highest BCUT2D eigenvalue weighted by atomic mass is 16.5. The van der Waals surface area contributed by atoms with Crippen LogP contribution >= 0.6 is 0 Å². The van der Waals surface area contributed by atoms with Crippen molar-refractivity contribution in [2.24, 2.45) is 11.8 Å². The molecule has 1 fully saturated rings. The van der Waals surface area contributed by atoms with Crippen molar-refractivity contribution in [1.82, 2.24) is 0 Å². The van der Waals surface area contributed by atoms with Crippen molar-refractivity contribution in [3.05, 3.63) is 95.1 Å². The summed E-state index contributed by atoms with van der Waals surface area (Å²) in [6.45, 7) is 1.54. The third-order valence-electron chi connectivity index (χ3n) is 7.48. The molecule has 0 N–H and O–H groups in total. The van der Waals surface area contributed by atoms with E-state index in [0.717, 1.165) is 22.3 Å². The summed E-state index contributed by atoms with van der Waals surface area (Å²) in [7, 11) is 1.55. The first-order valence-corrected chi connectivity index (χ1v) is 10.7. The van der Waals surface area contributed by atoms with E-state index in [-0.39, 0.29) is 23.5 Å². The van der Waals surface area contributed by atoms with Gasteiger partial charge in [0.05, 0.1) is 30.0 Å². The molecule has 0 saturated carbocycles. The Hall–Kier alpha value is -3.73. The van der Waals surface area contributed by atoms with Gasteiger partial charge in [0.15, 0.2) is 0 Å². The number of anilines is 1. The number of ether oxygens (including phenoxy) is 1. The van der Waals surface area contributed by atoms with Crippen LogP contribution < -0.4 is 9.64 Å². The van der Waals surface area contributed by atoms with Crippen LogP contribution in [0.2, 0.25) is 0 Å². The Labute approximate surface area is 185 Å². The third kappa shape index (κ3) is 2.06. The van der Waals surface area contributed by atoms with Gasteiger partial charge in [0, 0.05) is 12.0 Å². The van der Waals surface area contributed by atoms with E-state index in [1.165, 1.54) is 4.90 Å². The first kappa shape index (κ1) is 19.0. The molecule has 4 aliphatic rings. The zero-order chi connectivity index (χ0) is 22.2. The van der Waals surface area contributed by atoms with Gasteiger partial charge in [-0.15, -0.1) is 0 Å². The number of hydrogen-bond donors (Lipinski definition) is 0. The number of ketones is 1. The van der Waals surface area contributed by atoms with Gasteiger partial charge in [-0.25, -0.2) is 4.90 Å². The number of carbonyl (C=O) groups excluding carboxylic acids is 3. The zero-order valence-electron chi connectivity index (χ0n) is 17.7. The minimum Gasteiger partial charge on any atom is -0.497 e. The van der Waals surface area contributed by atoms with Gasteiger partial charge in [-0.3, -0.25) is 14.4 Å². The van der Waals surface area contributed by atoms with Gasteiger partial charge in [0.1, 0.15) is 11.5 Å². The highest BCUT2D eigenvalue weighted by molar-refractivity contribution is 6.25. The summed E-state index contributed by atoms with van der Waals surface area (Å²) in [6, 6.07) is 22.5. The standard InChI is InChI=1S/C27H21NO4/c1-15(29)27-20-12-5-3-10-18(20)22(19-11-4-6-13-21(19)27)23-24(27)26(31)28(25(23)30)16-8-7-9-17(14-16)32-2/h3-14,22-24H,1-2H3/t22?,23-,24-,27?/m0/s1. The molecule has 1 saturated heterocycles. The van der Waals surface area contributed by atoms with E-state index in [0.29, 0.717) is 11.4 Å². The van der Waals surface area contributed by atoms with Crippen molar-refractivity contribution in [1.29, 1.82) is 0 Å². The van der Waals surface area contributed by atoms with E-state index in [9.17, 15) is 14.4 Å². The largest absolute Gasteiger partial charge is 0.497 e. The Bertz CT molecular complexity index is 1280. The summed E-state index contributed by atoms with van der Waals surface area (Å²) < 4.78 is 5.31. The van der Waals surface area contributed by atoms with E-state index >= 15 is 0 Å². The Morgan fingerprint density at radius 3 is 2.09 bits per heavy atom. The van der Waals surface area contributed by atoms with Gasteiger partial charge in [0.25, 0.3) is 0 Å². The van der Waals surface area contributed by atoms with Crippen LogP contribution in [0.25, 0.3) is 0 Å². The number of rotatable bonds is 3. The highest BCUT2D eigenvalue weighted by Gasteiger charge is 2.69. The SMILES string of the molecule is COc1cccc(N2C(=O)[C@@H]3[C@@H](C2=O)C2c4ccccc4C3(C(C)=O)c3ccccc32)c1. The van der Waals surface area contributed by atoms with Crippen LogP contribution in [-0.4, -0.2) is 24.7 Å². The first-order valence-electron chi connectivity index (χ1n) is 10.7. The van der Waals surface area contributed by atoms with Crippen LogP contribution in [0.3, 0.4) is 0 Å². The summed E-state index contributed by atoms with van der Waals surface area (Å²) in [5.74, 6) is -1.78. The smallest absolute Gasteiger partial charge is 0.239 e. The van der Waals surface area contributed by atoms with Crippen molar-refractivity contribution in [3.8, 4) is 5.75 Å². The molecule has 3 aliphatic carbocycles. The quantitative estimate of drug-likeness (QED) is 0.601. The van der Waals surface area contributed by atoms with Crippen LogP contribution in [0, 0.1) is 11.8 Å². The predicted molar refractivity (Wildman–Crippen MR) is 119 cm³/mol. The maximum atomic E-state index is 14.0. The molecule has 3 aromatic carbocycles. The normalized spacial score (nSPS) is 27.1. The highest BCUT2D eigenvalue weighted by Crippen LogP contribution is 2.64. The molecule has 5 heteroatoms. The molecule has 32 heavy (non-hydrogen) atoms. The maximum absolute atomic E-state index is 14.0. The average Bonchev–Trinajstić information content (AvgIpc) is 3.09. The van der Waals surface area contributed by atoms with Crippen molar-refractivity contribution >= 4 is 23.3 Å². The van der Waals surface area contributed by atoms with Crippen LogP contribution in [0.1, 0.15) is 35.1 Å². The summed E-state index contributed by atoms with van der Waals surface area (Å²) in [6.07, 6.45) is 0. The number of nitrogens with zero attached hydrogens (tertiary/aromatic N) is 1. The molecular weight excluding hydrogens is 402 g/mol. The minimum atomic E-state index is -1.17. The van der Waals surface area contributed by atoms with Gasteiger partial charge < -0.3 is 4.74 Å². The van der Waals surface area contributed by atoms with Gasteiger partial charge in [-0.1, -0.05) is 54.6 Å². The Balaban J connectivity index is 1.65. The summed E-state index contributed by atoms with van der Waals surface area (Å²) in [5.41, 5.74) is 2.94. The summed E-state index contributed by atoms with van der Waals surface area (Å²) in [5, 5.41) is 0. The lowest BCUT2D eigenvalue weighted by molar-refractivity contribution is -0.132. The van der Waals surface area contributed by atoms with Gasteiger partial charge >= 0.3 is 0 Å². The van der Waals surface area contributed by atoms with Crippen LogP contribution in [0.4, 0.5) is 5.69 Å². The second-order valence-electron chi connectivity index (χ2n) is 8.73. The fraction of sp³-hybridized carbons (Fsp3) is 0.222. The Morgan fingerprint density at radius 1 is 0.875 bits per heavy atom. The molecule has 0 unspecified atom stereocenters. The second-order valence-corrected chi connectivity index (χ2v) is 8.73. The number of amides is 2. The average molecular weight is 423 g/mol. The lowest BCUT2D eigenvalue weighted by Crippen LogP contribution is -2.57. The molecule has 1 heterocycles. The molecule has 3 aromatic rings. The van der Waals surface area contributed by atoms with Gasteiger partial charge in [-0.2, -0.15) is 0 Å². The molecule has 2 amide bonds. The third-order valence-corrected chi connectivity index (χ3v) is 7.48. The molecule has 5 nitrogen and oxygen atoms in total. The van der Waals surface area contributed by atoms with Crippen LogP contribution in [0.5, 0.6) is 5.75 Å². The molecule has 158 valence electrons. The van der Waals surface area contributed by atoms with Gasteiger partial charge in [-0.05, 0) is 41.3 Å². The topological polar surface area (TPSA) is 63.7 Å². The van der Waals surface area contributed by atoms with E-state index in [2.05, 4.69) is 0 Å². The lowest BCUT2D eigenvalue weighted by Gasteiger charge is -2.52. The molecule has 0 spiro atoms. The number of carbonyl (C=O) groups is 3. The number of imide groups is 1. The molecule has 2 atom stereocenters. The van der Waals surface area contributed by atoms with E-state index in [4.69, 9.17) is 4.74 Å². The lowest BCUT2D eigenvalue weighted by atomic mass is 9.46. The summed E-state index contributed by atoms with van der Waals surface area (Å²) in [4.78, 5) is 42.7. The molecular formula is C27H21NO4. The number of Topliss-reactive ketones (excluding diaryl/α,β-unsaturated/α-hetero) is 1. The van der Waals surface area contributed by atoms with E-state index in [1.54, 1.807) is 38.3 Å². The van der Waals surface area contributed by atoms with Crippen LogP contribution in [0.15, 0.2) is 72.8 Å². The van der Waals surface area contributed by atoms with Crippen LogP contribution in [-0.2, 0) is 19.8 Å². The van der Waals surface area contributed by atoms with E-state index < -0.39 is 17.3 Å². The van der Waals surface area contributed by atoms with Crippen molar-refractivity contribution in [2.75, 3.05) is 12.0 Å². The predicted octanol–water partition coefficient (Wildman–Crippen LogP) is 3.84. The number of benzene rings is 3.